The van der Waals surface area contributed by atoms with Gasteiger partial charge >= 0.3 is 0 Å². The van der Waals surface area contributed by atoms with Crippen LogP contribution < -0.4 is 0 Å². The summed E-state index contributed by atoms with van der Waals surface area (Å²) in [6.07, 6.45) is 14.1. The van der Waals surface area contributed by atoms with E-state index >= 15 is 0 Å². The van der Waals surface area contributed by atoms with Gasteiger partial charge in [0.1, 0.15) is 6.10 Å². The summed E-state index contributed by atoms with van der Waals surface area (Å²) in [5.41, 5.74) is 4.63. The summed E-state index contributed by atoms with van der Waals surface area (Å²) in [5.74, 6) is 0.610. The van der Waals surface area contributed by atoms with E-state index in [9.17, 15) is 0 Å². The molecule has 4 unspecified atom stereocenters. The highest BCUT2D eigenvalue weighted by atomic mass is 16.7. The van der Waals surface area contributed by atoms with Crippen LogP contribution in [-0.2, 0) is 18.9 Å². The molecule has 2 fully saturated rings. The summed E-state index contributed by atoms with van der Waals surface area (Å²) >= 11 is 0. The normalized spacial score (nSPS) is 45.4. The van der Waals surface area contributed by atoms with Crippen LogP contribution in [0.15, 0.2) is 34.9 Å². The molecule has 4 nitrogen and oxygen atoms in total. The second-order valence-corrected chi connectivity index (χ2v) is 9.95. The Morgan fingerprint density at radius 2 is 1.79 bits per heavy atom. The molecule has 0 aromatic heterocycles. The number of fused-ring (bicyclic) bond motifs is 1. The largest absolute Gasteiger partial charge is 0.376 e. The van der Waals surface area contributed by atoms with Gasteiger partial charge in [0.05, 0.1) is 32.5 Å². The average Bonchev–Trinajstić information content (AvgIpc) is 3.07. The smallest absolute Gasteiger partial charge is 0.199 e. The molecule has 0 aromatic carbocycles. The Balaban J connectivity index is 1.51. The molecule has 1 spiro atoms. The van der Waals surface area contributed by atoms with Crippen molar-refractivity contribution in [3.05, 3.63) is 34.9 Å². The van der Waals surface area contributed by atoms with Crippen LogP contribution in [0.4, 0.5) is 0 Å². The molecule has 3 aliphatic carbocycles. The van der Waals surface area contributed by atoms with Gasteiger partial charge in [-0.25, -0.2) is 0 Å². The highest BCUT2D eigenvalue weighted by Crippen LogP contribution is 2.57. The summed E-state index contributed by atoms with van der Waals surface area (Å²) in [4.78, 5) is 0. The molecular weight excluding hydrogens is 364 g/mol. The van der Waals surface area contributed by atoms with Crippen molar-refractivity contribution in [2.75, 3.05) is 26.4 Å². The van der Waals surface area contributed by atoms with Crippen LogP contribution in [0.5, 0.6) is 0 Å². The van der Waals surface area contributed by atoms with Crippen molar-refractivity contribution >= 4 is 0 Å². The van der Waals surface area contributed by atoms with Crippen molar-refractivity contribution in [3.8, 4) is 0 Å². The van der Waals surface area contributed by atoms with Gasteiger partial charge in [0.15, 0.2) is 5.79 Å². The molecule has 0 N–H and O–H groups in total. The first-order valence-electron chi connectivity index (χ1n) is 11.6. The van der Waals surface area contributed by atoms with Crippen LogP contribution in [0.1, 0.15) is 59.3 Å². The third-order valence-corrected chi connectivity index (χ3v) is 8.44. The molecule has 160 valence electrons. The quantitative estimate of drug-likeness (QED) is 0.576. The highest BCUT2D eigenvalue weighted by molar-refractivity contribution is 5.37. The standard InChI is InChI=1S/C25H36O4/c1-17-15-23-25(29-14-12-27-23)16-20(17)7-6-19-5-4-10-24(3)21(8-9-22(19)24)18(2)26-11-13-28-25/h5-7,18,21-23H,4,8-16H2,1-3H3/t18?,21-,22?,23?,24-,25?/m1/s1. The number of allylic oxidation sites excluding steroid dienone is 4. The van der Waals surface area contributed by atoms with Crippen molar-refractivity contribution in [1.29, 1.82) is 0 Å². The first-order valence-corrected chi connectivity index (χ1v) is 11.6. The maximum Gasteiger partial charge on any atom is 0.199 e. The highest BCUT2D eigenvalue weighted by Gasteiger charge is 2.51. The molecule has 0 amide bonds. The minimum atomic E-state index is -0.664. The van der Waals surface area contributed by atoms with Crippen LogP contribution >= 0.6 is 0 Å². The molecule has 1 saturated carbocycles. The average molecular weight is 401 g/mol. The van der Waals surface area contributed by atoms with Crippen molar-refractivity contribution < 1.29 is 18.9 Å². The Bertz CT molecular complexity index is 737. The molecule has 29 heavy (non-hydrogen) atoms. The Morgan fingerprint density at radius 3 is 2.62 bits per heavy atom. The Kier molecular flexibility index (Phi) is 5.26. The first kappa shape index (κ1) is 20.0. The Morgan fingerprint density at radius 1 is 1.00 bits per heavy atom. The van der Waals surface area contributed by atoms with E-state index in [2.05, 4.69) is 39.0 Å². The lowest BCUT2D eigenvalue weighted by Crippen LogP contribution is -2.55. The lowest BCUT2D eigenvalue weighted by atomic mass is 9.64. The van der Waals surface area contributed by atoms with Crippen molar-refractivity contribution in [1.82, 2.24) is 0 Å². The minimum absolute atomic E-state index is 0.0212. The van der Waals surface area contributed by atoms with Crippen LogP contribution in [-0.4, -0.2) is 44.4 Å². The zero-order chi connectivity index (χ0) is 20.1. The van der Waals surface area contributed by atoms with E-state index < -0.39 is 5.79 Å². The molecule has 0 aromatic rings. The molecule has 6 atom stereocenters. The minimum Gasteiger partial charge on any atom is -0.376 e. The lowest BCUT2D eigenvalue weighted by molar-refractivity contribution is -0.328. The zero-order valence-electron chi connectivity index (χ0n) is 18.2. The zero-order valence-corrected chi connectivity index (χ0v) is 18.2. The summed E-state index contributed by atoms with van der Waals surface area (Å²) in [6.45, 7) is 9.43. The fraction of sp³-hybridized carbons (Fsp3) is 0.760. The summed E-state index contributed by atoms with van der Waals surface area (Å²) < 4.78 is 25.1. The van der Waals surface area contributed by atoms with Gasteiger partial charge in [0.25, 0.3) is 0 Å². The van der Waals surface area contributed by atoms with Gasteiger partial charge < -0.3 is 18.9 Å². The van der Waals surface area contributed by atoms with E-state index in [-0.39, 0.29) is 12.2 Å². The van der Waals surface area contributed by atoms with Crippen LogP contribution in [0.25, 0.3) is 0 Å². The molecule has 1 saturated heterocycles. The second kappa shape index (κ2) is 7.64. The molecule has 0 radical (unpaired) electrons. The van der Waals surface area contributed by atoms with Gasteiger partial charge in [-0.05, 0) is 67.9 Å². The van der Waals surface area contributed by atoms with Crippen molar-refractivity contribution in [2.24, 2.45) is 17.3 Å². The Labute approximate surface area is 175 Å². The summed E-state index contributed by atoms with van der Waals surface area (Å²) in [6, 6.07) is 0. The fourth-order valence-electron chi connectivity index (χ4n) is 6.80. The number of hydrogen-bond donors (Lipinski definition) is 0. The first-order chi connectivity index (χ1) is 14.0. The van der Waals surface area contributed by atoms with Crippen molar-refractivity contribution in [3.63, 3.8) is 0 Å². The molecule has 5 aliphatic rings. The van der Waals surface area contributed by atoms with E-state index in [1.807, 2.05) is 0 Å². The van der Waals surface area contributed by atoms with E-state index in [0.717, 1.165) is 12.8 Å². The van der Waals surface area contributed by atoms with Crippen LogP contribution in [0.3, 0.4) is 0 Å². The third kappa shape index (κ3) is 3.37. The van der Waals surface area contributed by atoms with Gasteiger partial charge in [-0.15, -0.1) is 0 Å². The van der Waals surface area contributed by atoms with E-state index in [1.165, 1.54) is 42.4 Å². The van der Waals surface area contributed by atoms with Crippen LogP contribution in [0, 0.1) is 17.3 Å². The Hall–Kier alpha value is -0.940. The van der Waals surface area contributed by atoms with Gasteiger partial charge in [0.2, 0.25) is 0 Å². The number of ether oxygens (including phenoxy) is 4. The molecule has 4 heteroatoms. The lowest BCUT2D eigenvalue weighted by Gasteiger charge is -2.47. The molecular formula is C25H36O4. The molecule has 2 heterocycles. The summed E-state index contributed by atoms with van der Waals surface area (Å²) in [7, 11) is 0. The van der Waals surface area contributed by atoms with E-state index in [4.69, 9.17) is 18.9 Å². The third-order valence-electron chi connectivity index (χ3n) is 8.44. The van der Waals surface area contributed by atoms with Gasteiger partial charge in [-0.1, -0.05) is 30.7 Å². The summed E-state index contributed by atoms with van der Waals surface area (Å²) in [5, 5.41) is 0. The topological polar surface area (TPSA) is 36.9 Å². The molecule has 5 rings (SSSR count). The van der Waals surface area contributed by atoms with Crippen molar-refractivity contribution in [2.45, 2.75) is 77.3 Å². The SMILES string of the molecule is CC1=C2C=CC3=CCC[C@@]4(C)C3CC[C@@H]4C(C)OCCOC3(C2)OCCOC3C1. The maximum absolute atomic E-state index is 6.39. The van der Waals surface area contributed by atoms with Gasteiger partial charge in [-0.2, -0.15) is 0 Å². The van der Waals surface area contributed by atoms with Crippen LogP contribution in [0.2, 0.25) is 0 Å². The predicted octanol–water partition coefficient (Wildman–Crippen LogP) is 4.95. The van der Waals surface area contributed by atoms with E-state index in [0.29, 0.717) is 43.7 Å². The second-order valence-electron chi connectivity index (χ2n) is 9.95. The molecule has 6 bridgehead atoms. The number of rotatable bonds is 0. The predicted molar refractivity (Wildman–Crippen MR) is 113 cm³/mol. The van der Waals surface area contributed by atoms with E-state index in [1.54, 1.807) is 0 Å². The number of hydrogen-bond acceptors (Lipinski definition) is 4. The maximum atomic E-state index is 6.39. The monoisotopic (exact) mass is 400 g/mol. The van der Waals surface area contributed by atoms with Gasteiger partial charge in [-0.3, -0.25) is 0 Å². The molecule has 2 aliphatic heterocycles. The van der Waals surface area contributed by atoms with Gasteiger partial charge in [0, 0.05) is 12.8 Å². The fourth-order valence-corrected chi connectivity index (χ4v) is 6.80.